The molecule has 0 aromatic heterocycles. The molecule has 0 unspecified atom stereocenters. The van der Waals surface area contributed by atoms with Gasteiger partial charge in [-0.1, -0.05) is 37.0 Å². The zero-order valence-corrected chi connectivity index (χ0v) is 17.5. The Morgan fingerprint density at radius 3 is 2.54 bits per heavy atom. The van der Waals surface area contributed by atoms with Gasteiger partial charge in [-0.3, -0.25) is 4.79 Å². The van der Waals surface area contributed by atoms with Gasteiger partial charge in [0, 0.05) is 19.7 Å². The third-order valence-corrected chi connectivity index (χ3v) is 7.58. The maximum Gasteiger partial charge on any atom is 0.243 e. The van der Waals surface area contributed by atoms with Gasteiger partial charge >= 0.3 is 0 Å². The molecule has 1 aliphatic carbocycles. The van der Waals surface area contributed by atoms with E-state index < -0.39 is 16.1 Å². The number of hydrogen-bond acceptors (Lipinski definition) is 4. The smallest absolute Gasteiger partial charge is 0.243 e. The van der Waals surface area contributed by atoms with Gasteiger partial charge in [0.25, 0.3) is 0 Å². The summed E-state index contributed by atoms with van der Waals surface area (Å²) in [5.74, 6) is -0.203. The lowest BCUT2D eigenvalue weighted by Gasteiger charge is -2.24. The van der Waals surface area contributed by atoms with E-state index in [2.05, 4.69) is 5.32 Å². The Bertz CT molecular complexity index is 742. The van der Waals surface area contributed by atoms with E-state index in [9.17, 15) is 13.2 Å². The molecule has 1 aromatic rings. The summed E-state index contributed by atoms with van der Waals surface area (Å²) in [6.45, 7) is 3.46. The van der Waals surface area contributed by atoms with Crippen molar-refractivity contribution in [2.75, 3.05) is 19.7 Å². The molecular formula is C21H32N2O4S. The monoisotopic (exact) mass is 408 g/mol. The molecule has 2 aliphatic rings. The summed E-state index contributed by atoms with van der Waals surface area (Å²) < 4.78 is 33.1. The third-order valence-electron chi connectivity index (χ3n) is 5.66. The van der Waals surface area contributed by atoms with Crippen LogP contribution in [-0.2, 0) is 19.6 Å². The van der Waals surface area contributed by atoms with Crippen molar-refractivity contribution in [1.29, 1.82) is 0 Å². The fourth-order valence-corrected chi connectivity index (χ4v) is 5.68. The van der Waals surface area contributed by atoms with E-state index in [0.717, 1.165) is 24.8 Å². The molecule has 1 saturated carbocycles. The Kier molecular flexibility index (Phi) is 7.48. The van der Waals surface area contributed by atoms with Crippen molar-refractivity contribution in [1.82, 2.24) is 9.62 Å². The number of ether oxygens (including phenoxy) is 1. The number of nitrogens with zero attached hydrogens (tertiary/aromatic N) is 1. The first-order chi connectivity index (χ1) is 13.5. The Morgan fingerprint density at radius 2 is 1.82 bits per heavy atom. The molecule has 2 fully saturated rings. The van der Waals surface area contributed by atoms with Gasteiger partial charge in [0.1, 0.15) is 6.04 Å². The quantitative estimate of drug-likeness (QED) is 0.671. The lowest BCUT2D eigenvalue weighted by Crippen LogP contribution is -2.46. The van der Waals surface area contributed by atoms with Crippen LogP contribution in [0, 0.1) is 6.92 Å². The highest BCUT2D eigenvalue weighted by atomic mass is 32.2. The molecular weight excluding hydrogens is 376 g/mol. The molecule has 0 spiro atoms. The molecule has 3 rings (SSSR count). The van der Waals surface area contributed by atoms with E-state index in [0.29, 0.717) is 38.6 Å². The predicted octanol–water partition coefficient (Wildman–Crippen LogP) is 3.00. The minimum absolute atomic E-state index is 0.203. The molecule has 1 aliphatic heterocycles. The minimum Gasteiger partial charge on any atom is -0.378 e. The summed E-state index contributed by atoms with van der Waals surface area (Å²) in [5.41, 5.74) is 1.00. The summed E-state index contributed by atoms with van der Waals surface area (Å²) in [4.78, 5) is 12.8. The van der Waals surface area contributed by atoms with Gasteiger partial charge in [0.2, 0.25) is 15.9 Å². The number of benzene rings is 1. The van der Waals surface area contributed by atoms with Gasteiger partial charge in [-0.05, 0) is 51.2 Å². The molecule has 28 heavy (non-hydrogen) atoms. The van der Waals surface area contributed by atoms with Crippen molar-refractivity contribution in [3.8, 4) is 0 Å². The van der Waals surface area contributed by atoms with Gasteiger partial charge in [-0.25, -0.2) is 8.42 Å². The van der Waals surface area contributed by atoms with Crippen molar-refractivity contribution in [3.05, 3.63) is 29.8 Å². The number of sulfonamides is 1. The number of carbonyl (C=O) groups excluding carboxylic acids is 1. The summed E-state index contributed by atoms with van der Waals surface area (Å²) in [5, 5.41) is 2.90. The average Bonchev–Trinajstić information content (AvgIpc) is 3.20. The van der Waals surface area contributed by atoms with Crippen LogP contribution in [-0.4, -0.2) is 50.5 Å². The molecule has 1 saturated heterocycles. The van der Waals surface area contributed by atoms with Crippen LogP contribution >= 0.6 is 0 Å². The van der Waals surface area contributed by atoms with Crippen LogP contribution in [0.3, 0.4) is 0 Å². The van der Waals surface area contributed by atoms with Crippen molar-refractivity contribution in [2.24, 2.45) is 0 Å². The van der Waals surface area contributed by atoms with E-state index in [-0.39, 0.29) is 10.8 Å². The lowest BCUT2D eigenvalue weighted by molar-refractivity contribution is -0.124. The van der Waals surface area contributed by atoms with Crippen LogP contribution in [0.4, 0.5) is 0 Å². The zero-order chi connectivity index (χ0) is 20.0. The highest BCUT2D eigenvalue weighted by molar-refractivity contribution is 7.89. The van der Waals surface area contributed by atoms with Crippen molar-refractivity contribution in [2.45, 2.75) is 75.3 Å². The molecule has 1 aromatic carbocycles. The fourth-order valence-electron chi connectivity index (χ4n) is 4.02. The zero-order valence-electron chi connectivity index (χ0n) is 16.7. The van der Waals surface area contributed by atoms with Gasteiger partial charge in [-0.15, -0.1) is 0 Å². The molecule has 0 bridgehead atoms. The molecule has 1 amide bonds. The Labute approximate surface area is 168 Å². The number of rotatable bonds is 8. The third kappa shape index (κ3) is 5.33. The average molecular weight is 409 g/mol. The molecule has 7 heteroatoms. The van der Waals surface area contributed by atoms with Crippen molar-refractivity contribution < 1.29 is 17.9 Å². The second-order valence-corrected chi connectivity index (χ2v) is 9.75. The fraction of sp³-hybridized carbons (Fsp3) is 0.667. The number of nitrogens with one attached hydrogen (secondary N) is 1. The Balaban J connectivity index is 1.48. The lowest BCUT2D eigenvalue weighted by atomic mass is 9.98. The van der Waals surface area contributed by atoms with Crippen LogP contribution in [0.15, 0.2) is 29.2 Å². The summed E-state index contributed by atoms with van der Waals surface area (Å²) >= 11 is 0. The van der Waals surface area contributed by atoms with Crippen LogP contribution < -0.4 is 5.32 Å². The van der Waals surface area contributed by atoms with Crippen molar-refractivity contribution >= 4 is 15.9 Å². The van der Waals surface area contributed by atoms with E-state index in [1.165, 1.54) is 23.6 Å². The molecule has 1 heterocycles. The number of hydrogen-bond donors (Lipinski definition) is 1. The van der Waals surface area contributed by atoms with Crippen LogP contribution in [0.25, 0.3) is 0 Å². The van der Waals surface area contributed by atoms with E-state index in [1.807, 2.05) is 6.92 Å². The summed E-state index contributed by atoms with van der Waals surface area (Å²) in [6, 6.07) is 6.17. The summed E-state index contributed by atoms with van der Waals surface area (Å²) in [7, 11) is -3.65. The Morgan fingerprint density at radius 1 is 1.11 bits per heavy atom. The normalized spacial score (nSPS) is 21.7. The maximum absolute atomic E-state index is 12.9. The SMILES string of the molecule is Cc1ccc(S(=O)(=O)N2CCC[C@@H]2C(=O)NCCCOC2CCCCC2)cc1. The first kappa shape index (κ1) is 21.3. The number of amides is 1. The molecule has 1 N–H and O–H groups in total. The predicted molar refractivity (Wildman–Crippen MR) is 109 cm³/mol. The minimum atomic E-state index is -3.65. The highest BCUT2D eigenvalue weighted by Gasteiger charge is 2.39. The first-order valence-corrected chi connectivity index (χ1v) is 11.9. The first-order valence-electron chi connectivity index (χ1n) is 10.5. The molecule has 1 atom stereocenters. The highest BCUT2D eigenvalue weighted by Crippen LogP contribution is 2.26. The van der Waals surface area contributed by atoms with E-state index >= 15 is 0 Å². The van der Waals surface area contributed by atoms with Gasteiger partial charge in [-0.2, -0.15) is 4.31 Å². The number of aryl methyl sites for hydroxylation is 1. The molecule has 156 valence electrons. The molecule has 0 radical (unpaired) electrons. The van der Waals surface area contributed by atoms with Crippen molar-refractivity contribution in [3.63, 3.8) is 0 Å². The standard InChI is InChI=1S/C21H32N2O4S/c1-17-10-12-19(13-11-17)28(25,26)23-15-5-9-20(23)21(24)22-14-6-16-27-18-7-3-2-4-8-18/h10-13,18,20H,2-9,14-16H2,1H3,(H,22,24)/t20-/m1/s1. The maximum atomic E-state index is 12.9. The number of carbonyl (C=O) groups is 1. The van der Waals surface area contributed by atoms with Gasteiger partial charge in [0.05, 0.1) is 11.0 Å². The van der Waals surface area contributed by atoms with E-state index in [4.69, 9.17) is 4.74 Å². The van der Waals surface area contributed by atoms with Crippen LogP contribution in [0.5, 0.6) is 0 Å². The molecule has 6 nitrogen and oxygen atoms in total. The topological polar surface area (TPSA) is 75.7 Å². The largest absolute Gasteiger partial charge is 0.378 e. The van der Waals surface area contributed by atoms with Crippen LogP contribution in [0.1, 0.15) is 56.9 Å². The summed E-state index contributed by atoms with van der Waals surface area (Å²) in [6.07, 6.45) is 8.46. The second kappa shape index (κ2) is 9.85. The van der Waals surface area contributed by atoms with E-state index in [1.54, 1.807) is 24.3 Å². The van der Waals surface area contributed by atoms with Gasteiger partial charge in [0.15, 0.2) is 0 Å². The second-order valence-electron chi connectivity index (χ2n) is 7.86. The van der Waals surface area contributed by atoms with Gasteiger partial charge < -0.3 is 10.1 Å². The van der Waals surface area contributed by atoms with Crippen LogP contribution in [0.2, 0.25) is 0 Å². The Hall–Kier alpha value is -1.44.